The van der Waals surface area contributed by atoms with Gasteiger partial charge < -0.3 is 15.0 Å². The van der Waals surface area contributed by atoms with Crippen LogP contribution in [0.4, 0.5) is 5.69 Å². The summed E-state index contributed by atoms with van der Waals surface area (Å²) in [6, 6.07) is 14.6. The molecule has 0 unspecified atom stereocenters. The molecule has 0 heterocycles. The molecule has 1 amide bonds. The maximum Gasteiger partial charge on any atom is 0.264 e. The van der Waals surface area contributed by atoms with Crippen molar-refractivity contribution in [1.82, 2.24) is 4.90 Å². The molecule has 2 rings (SSSR count). The van der Waals surface area contributed by atoms with Crippen LogP contribution in [-0.2, 0) is 0 Å². The summed E-state index contributed by atoms with van der Waals surface area (Å²) in [6.07, 6.45) is 0. The molecule has 0 radical (unpaired) electrons. The number of rotatable bonds is 5. The van der Waals surface area contributed by atoms with Crippen molar-refractivity contribution >= 4 is 29.0 Å². The Hall–Kier alpha value is -2.40. The second-order valence-corrected chi connectivity index (χ2v) is 5.68. The molecule has 0 saturated heterocycles. The molecule has 2 aromatic carbocycles. The molecule has 0 aliphatic heterocycles. The highest BCUT2D eigenvalue weighted by molar-refractivity contribution is 7.80. The Bertz CT molecular complexity index is 710. The van der Waals surface area contributed by atoms with Gasteiger partial charge >= 0.3 is 0 Å². The summed E-state index contributed by atoms with van der Waals surface area (Å²) in [6.45, 7) is 7.61. The van der Waals surface area contributed by atoms with E-state index in [1.54, 1.807) is 24.3 Å². The Morgan fingerprint density at radius 2 is 1.71 bits per heavy atom. The lowest BCUT2D eigenvalue weighted by Crippen LogP contribution is -2.32. The number of hydrogen-bond donors (Lipinski definition) is 1. The van der Waals surface area contributed by atoms with E-state index in [1.165, 1.54) is 0 Å². The van der Waals surface area contributed by atoms with Crippen LogP contribution < -0.4 is 10.1 Å². The van der Waals surface area contributed by atoms with Gasteiger partial charge in [-0.1, -0.05) is 18.2 Å². The van der Waals surface area contributed by atoms with Crippen LogP contribution in [0.15, 0.2) is 48.5 Å². The van der Waals surface area contributed by atoms with Gasteiger partial charge in [-0.25, -0.2) is 0 Å². The molecule has 0 aromatic heterocycles. The topological polar surface area (TPSA) is 41.6 Å². The number of nitrogens with one attached hydrogen (secondary N) is 1. The summed E-state index contributed by atoms with van der Waals surface area (Å²) in [4.78, 5) is 14.3. The molecule has 24 heavy (non-hydrogen) atoms. The zero-order chi connectivity index (χ0) is 17.5. The summed E-state index contributed by atoms with van der Waals surface area (Å²) >= 11 is 5.27. The van der Waals surface area contributed by atoms with Gasteiger partial charge in [-0.05, 0) is 68.9 Å². The van der Waals surface area contributed by atoms with Crippen LogP contribution in [0.3, 0.4) is 0 Å². The number of carbonyl (C=O) groups is 1. The number of anilines is 1. The molecule has 0 fully saturated rings. The summed E-state index contributed by atoms with van der Waals surface area (Å²) in [5.74, 6) is 0.474. The average Bonchev–Trinajstić information content (AvgIpc) is 2.58. The third-order valence-corrected chi connectivity index (χ3v) is 4.08. The highest BCUT2D eigenvalue weighted by atomic mass is 32.1. The van der Waals surface area contributed by atoms with Crippen molar-refractivity contribution in [2.24, 2.45) is 0 Å². The van der Waals surface area contributed by atoms with Crippen LogP contribution in [0, 0.1) is 6.92 Å². The number of carbonyl (C=O) groups excluding carboxylic acids is 1. The number of amides is 1. The number of ether oxygens (including phenoxy) is 1. The number of para-hydroxylation sites is 1. The normalized spacial score (nSPS) is 10.1. The Morgan fingerprint density at radius 3 is 2.29 bits per heavy atom. The smallest absolute Gasteiger partial charge is 0.264 e. The van der Waals surface area contributed by atoms with Gasteiger partial charge in [-0.15, -0.1) is 0 Å². The van der Waals surface area contributed by atoms with Crippen LogP contribution in [0.5, 0.6) is 5.75 Å². The number of aryl methyl sites for hydroxylation is 1. The lowest BCUT2D eigenvalue weighted by molar-refractivity contribution is 0.102. The number of nitrogens with zero attached hydrogens (tertiary/aromatic N) is 1. The first kappa shape index (κ1) is 17.9. The van der Waals surface area contributed by atoms with E-state index >= 15 is 0 Å². The van der Waals surface area contributed by atoms with Crippen LogP contribution >= 0.6 is 12.2 Å². The fourth-order valence-electron chi connectivity index (χ4n) is 2.23. The molecule has 0 saturated carbocycles. The molecule has 0 spiro atoms. The lowest BCUT2D eigenvalue weighted by atomic mass is 10.1. The Kier molecular flexibility index (Phi) is 6.32. The first-order valence-corrected chi connectivity index (χ1v) is 8.39. The first-order chi connectivity index (χ1) is 11.5. The largest absolute Gasteiger partial charge is 0.432 e. The molecular weight excluding hydrogens is 320 g/mol. The van der Waals surface area contributed by atoms with Crippen molar-refractivity contribution in [3.8, 4) is 5.75 Å². The van der Waals surface area contributed by atoms with Crippen molar-refractivity contribution in [2.75, 3.05) is 18.4 Å². The summed E-state index contributed by atoms with van der Waals surface area (Å²) < 4.78 is 5.66. The van der Waals surface area contributed by atoms with Gasteiger partial charge in [-0.2, -0.15) is 0 Å². The van der Waals surface area contributed by atoms with E-state index in [2.05, 4.69) is 5.32 Å². The first-order valence-electron chi connectivity index (χ1n) is 7.99. The maximum atomic E-state index is 12.3. The van der Waals surface area contributed by atoms with Gasteiger partial charge in [-0.3, -0.25) is 4.79 Å². The van der Waals surface area contributed by atoms with Gasteiger partial charge in [0.1, 0.15) is 5.75 Å². The lowest BCUT2D eigenvalue weighted by Gasteiger charge is -2.21. The van der Waals surface area contributed by atoms with Gasteiger partial charge in [0.05, 0.1) is 0 Å². The van der Waals surface area contributed by atoms with E-state index in [1.807, 2.05) is 49.9 Å². The van der Waals surface area contributed by atoms with E-state index in [-0.39, 0.29) is 5.91 Å². The van der Waals surface area contributed by atoms with Crippen LogP contribution in [-0.4, -0.2) is 29.1 Å². The van der Waals surface area contributed by atoms with E-state index in [4.69, 9.17) is 17.0 Å². The van der Waals surface area contributed by atoms with Crippen molar-refractivity contribution in [3.05, 3.63) is 59.7 Å². The SMILES string of the molecule is CCN(CC)C(=S)Oc1ccc(C(=O)Nc2ccccc2C)cc1. The van der Waals surface area contributed by atoms with Crippen molar-refractivity contribution in [2.45, 2.75) is 20.8 Å². The molecule has 0 bridgehead atoms. The molecule has 2 aromatic rings. The summed E-state index contributed by atoms with van der Waals surface area (Å²) in [5, 5.41) is 3.35. The standard InChI is InChI=1S/C19H22N2O2S/c1-4-21(5-2)19(24)23-16-12-10-15(11-13-16)18(22)20-17-9-7-6-8-14(17)3/h6-13H,4-5H2,1-3H3,(H,20,22). The molecular formula is C19H22N2O2S. The van der Waals surface area contributed by atoms with Gasteiger partial charge in [0.15, 0.2) is 0 Å². The van der Waals surface area contributed by atoms with Crippen LogP contribution in [0.2, 0.25) is 0 Å². The highest BCUT2D eigenvalue weighted by Crippen LogP contribution is 2.17. The van der Waals surface area contributed by atoms with E-state index < -0.39 is 0 Å². The van der Waals surface area contributed by atoms with Crippen LogP contribution in [0.1, 0.15) is 29.8 Å². The number of thiocarbonyl (C=S) groups is 1. The number of benzene rings is 2. The minimum absolute atomic E-state index is 0.151. The van der Waals surface area contributed by atoms with Crippen molar-refractivity contribution < 1.29 is 9.53 Å². The summed E-state index contributed by atoms with van der Waals surface area (Å²) in [5.41, 5.74) is 2.40. The molecule has 0 atom stereocenters. The van der Waals surface area contributed by atoms with Gasteiger partial charge in [0.25, 0.3) is 11.1 Å². The molecule has 126 valence electrons. The predicted octanol–water partition coefficient (Wildman–Crippen LogP) is 4.25. The Balaban J connectivity index is 2.02. The third-order valence-electron chi connectivity index (χ3n) is 3.74. The van der Waals surface area contributed by atoms with Gasteiger partial charge in [0.2, 0.25) is 0 Å². The molecule has 1 N–H and O–H groups in total. The van der Waals surface area contributed by atoms with Crippen molar-refractivity contribution in [1.29, 1.82) is 0 Å². The second kappa shape index (κ2) is 8.45. The minimum Gasteiger partial charge on any atom is -0.432 e. The minimum atomic E-state index is -0.151. The quantitative estimate of drug-likeness (QED) is 0.825. The third kappa shape index (κ3) is 4.55. The van der Waals surface area contributed by atoms with Crippen LogP contribution in [0.25, 0.3) is 0 Å². The maximum absolute atomic E-state index is 12.3. The molecule has 4 nitrogen and oxygen atoms in total. The molecule has 5 heteroatoms. The monoisotopic (exact) mass is 342 g/mol. The summed E-state index contributed by atoms with van der Waals surface area (Å²) in [7, 11) is 0. The fraction of sp³-hybridized carbons (Fsp3) is 0.263. The zero-order valence-corrected chi connectivity index (χ0v) is 15.0. The predicted molar refractivity (Wildman–Crippen MR) is 102 cm³/mol. The fourth-order valence-corrected chi connectivity index (χ4v) is 2.58. The van der Waals surface area contributed by atoms with E-state index in [0.29, 0.717) is 16.5 Å². The van der Waals surface area contributed by atoms with Gasteiger partial charge in [0, 0.05) is 24.3 Å². The highest BCUT2D eigenvalue weighted by Gasteiger charge is 2.10. The van der Waals surface area contributed by atoms with E-state index in [0.717, 1.165) is 24.3 Å². The Morgan fingerprint density at radius 1 is 1.08 bits per heavy atom. The Labute approximate surface area is 148 Å². The average molecular weight is 342 g/mol. The molecule has 0 aliphatic carbocycles. The second-order valence-electron chi connectivity index (χ2n) is 5.33. The zero-order valence-electron chi connectivity index (χ0n) is 14.2. The molecule has 0 aliphatic rings. The number of hydrogen-bond acceptors (Lipinski definition) is 3. The van der Waals surface area contributed by atoms with E-state index in [9.17, 15) is 4.79 Å². The van der Waals surface area contributed by atoms with Crippen molar-refractivity contribution in [3.63, 3.8) is 0 Å².